The lowest BCUT2D eigenvalue weighted by Gasteiger charge is -2.12. The first-order valence-electron chi connectivity index (χ1n) is 7.69. The van der Waals surface area contributed by atoms with Crippen molar-refractivity contribution in [2.45, 2.75) is 20.0 Å². The van der Waals surface area contributed by atoms with Gasteiger partial charge in [0.2, 0.25) is 0 Å². The Morgan fingerprint density at radius 1 is 1.00 bits per heavy atom. The Morgan fingerprint density at radius 2 is 1.76 bits per heavy atom. The van der Waals surface area contributed by atoms with E-state index in [-0.39, 0.29) is 0 Å². The Bertz CT molecular complexity index is 913. The standard InChI is InChI=1S/C19H17F3N2O/c1-12-7-8-16(13(2)9-12)24-17(11-18(23-24)19(20,21)22)14-5-4-6-15(10-14)25-3/h4-11H,1-3H3. The average molecular weight is 346 g/mol. The lowest BCUT2D eigenvalue weighted by molar-refractivity contribution is -0.141. The Labute approximate surface area is 143 Å². The molecule has 0 fully saturated rings. The SMILES string of the molecule is COc1cccc(-c2cc(C(F)(F)F)nn2-c2ccc(C)cc2C)c1. The van der Waals surface area contributed by atoms with Crippen LogP contribution in [-0.4, -0.2) is 16.9 Å². The van der Waals surface area contributed by atoms with Crippen LogP contribution in [0.1, 0.15) is 16.8 Å². The fourth-order valence-corrected chi connectivity index (χ4v) is 2.73. The van der Waals surface area contributed by atoms with Gasteiger partial charge in [0.05, 0.1) is 18.5 Å². The molecule has 3 rings (SSSR count). The molecule has 0 bridgehead atoms. The Kier molecular flexibility index (Phi) is 4.29. The second-order valence-corrected chi connectivity index (χ2v) is 5.85. The lowest BCUT2D eigenvalue weighted by Crippen LogP contribution is -2.08. The largest absolute Gasteiger partial charge is 0.497 e. The van der Waals surface area contributed by atoms with E-state index in [4.69, 9.17) is 4.74 Å². The van der Waals surface area contributed by atoms with Gasteiger partial charge in [0.15, 0.2) is 5.69 Å². The zero-order valence-electron chi connectivity index (χ0n) is 14.1. The van der Waals surface area contributed by atoms with E-state index in [1.807, 2.05) is 26.0 Å². The molecule has 2 aromatic carbocycles. The van der Waals surface area contributed by atoms with Crippen LogP contribution >= 0.6 is 0 Å². The van der Waals surface area contributed by atoms with Crippen molar-refractivity contribution in [1.29, 1.82) is 0 Å². The van der Waals surface area contributed by atoms with Crippen molar-refractivity contribution < 1.29 is 17.9 Å². The molecule has 1 heterocycles. The van der Waals surface area contributed by atoms with E-state index >= 15 is 0 Å². The van der Waals surface area contributed by atoms with E-state index in [0.29, 0.717) is 22.7 Å². The van der Waals surface area contributed by atoms with Crippen molar-refractivity contribution in [3.8, 4) is 22.7 Å². The predicted molar refractivity (Wildman–Crippen MR) is 90.0 cm³/mol. The number of hydrogen-bond acceptors (Lipinski definition) is 2. The molecule has 25 heavy (non-hydrogen) atoms. The number of halogens is 3. The van der Waals surface area contributed by atoms with E-state index in [9.17, 15) is 13.2 Å². The number of benzene rings is 2. The molecule has 0 spiro atoms. The van der Waals surface area contributed by atoms with Crippen LogP contribution < -0.4 is 4.74 Å². The summed E-state index contributed by atoms with van der Waals surface area (Å²) in [5.74, 6) is 0.569. The smallest absolute Gasteiger partial charge is 0.435 e. The summed E-state index contributed by atoms with van der Waals surface area (Å²) in [5.41, 5.74) is 2.53. The molecule has 3 nitrogen and oxygen atoms in total. The molecule has 0 atom stereocenters. The first-order chi connectivity index (χ1) is 11.8. The highest BCUT2D eigenvalue weighted by molar-refractivity contribution is 5.65. The van der Waals surface area contributed by atoms with Crippen molar-refractivity contribution in [2.24, 2.45) is 0 Å². The van der Waals surface area contributed by atoms with Crippen molar-refractivity contribution in [3.63, 3.8) is 0 Å². The summed E-state index contributed by atoms with van der Waals surface area (Å²) in [7, 11) is 1.52. The summed E-state index contributed by atoms with van der Waals surface area (Å²) in [6.45, 7) is 3.79. The highest BCUT2D eigenvalue weighted by Crippen LogP contribution is 2.34. The van der Waals surface area contributed by atoms with Crippen LogP contribution in [0.2, 0.25) is 0 Å². The molecule has 1 aromatic heterocycles. The van der Waals surface area contributed by atoms with Crippen LogP contribution in [0, 0.1) is 13.8 Å². The molecule has 0 N–H and O–H groups in total. The van der Waals surface area contributed by atoms with E-state index in [2.05, 4.69) is 5.10 Å². The van der Waals surface area contributed by atoms with Gasteiger partial charge in [-0.05, 0) is 43.7 Å². The maximum atomic E-state index is 13.2. The quantitative estimate of drug-likeness (QED) is 0.653. The minimum atomic E-state index is -4.52. The molecular weight excluding hydrogens is 329 g/mol. The number of nitrogens with zero attached hydrogens (tertiary/aromatic N) is 2. The zero-order chi connectivity index (χ0) is 18.2. The van der Waals surface area contributed by atoms with Gasteiger partial charge in [0.1, 0.15) is 5.75 Å². The zero-order valence-corrected chi connectivity index (χ0v) is 14.1. The van der Waals surface area contributed by atoms with Crippen LogP contribution in [0.4, 0.5) is 13.2 Å². The van der Waals surface area contributed by atoms with Gasteiger partial charge < -0.3 is 4.74 Å². The summed E-state index contributed by atoms with van der Waals surface area (Å²) in [4.78, 5) is 0. The third kappa shape index (κ3) is 3.38. The number of ether oxygens (including phenoxy) is 1. The maximum absolute atomic E-state index is 13.2. The number of aryl methyl sites for hydroxylation is 2. The molecular formula is C19H17F3N2O. The van der Waals surface area contributed by atoms with E-state index in [1.165, 1.54) is 11.8 Å². The first kappa shape index (κ1) is 17.1. The second kappa shape index (κ2) is 6.27. The molecule has 6 heteroatoms. The van der Waals surface area contributed by atoms with Crippen molar-refractivity contribution in [3.05, 3.63) is 65.4 Å². The number of alkyl halides is 3. The Hall–Kier alpha value is -2.76. The highest BCUT2D eigenvalue weighted by Gasteiger charge is 2.35. The van der Waals surface area contributed by atoms with Crippen molar-refractivity contribution >= 4 is 0 Å². The van der Waals surface area contributed by atoms with Crippen LogP contribution in [0.15, 0.2) is 48.5 Å². The topological polar surface area (TPSA) is 27.1 Å². The number of hydrogen-bond donors (Lipinski definition) is 0. The predicted octanol–water partition coefficient (Wildman–Crippen LogP) is 5.18. The minimum absolute atomic E-state index is 0.359. The summed E-state index contributed by atoms with van der Waals surface area (Å²) in [6, 6.07) is 13.5. The molecule has 3 aromatic rings. The van der Waals surface area contributed by atoms with Crippen LogP contribution in [0.5, 0.6) is 5.75 Å². The molecule has 0 saturated heterocycles. The minimum Gasteiger partial charge on any atom is -0.497 e. The summed E-state index contributed by atoms with van der Waals surface area (Å²) in [6.07, 6.45) is -4.52. The Morgan fingerprint density at radius 3 is 2.40 bits per heavy atom. The highest BCUT2D eigenvalue weighted by atomic mass is 19.4. The summed E-state index contributed by atoms with van der Waals surface area (Å²) < 4.78 is 46.2. The normalized spacial score (nSPS) is 11.6. The van der Waals surface area contributed by atoms with Gasteiger partial charge in [-0.2, -0.15) is 18.3 Å². The maximum Gasteiger partial charge on any atom is 0.435 e. The van der Waals surface area contributed by atoms with Gasteiger partial charge in [0, 0.05) is 5.56 Å². The number of rotatable bonds is 3. The van der Waals surface area contributed by atoms with Crippen LogP contribution in [-0.2, 0) is 6.18 Å². The van der Waals surface area contributed by atoms with E-state index < -0.39 is 11.9 Å². The summed E-state index contributed by atoms with van der Waals surface area (Å²) >= 11 is 0. The molecule has 0 saturated carbocycles. The average Bonchev–Trinajstić information content (AvgIpc) is 3.00. The van der Waals surface area contributed by atoms with Gasteiger partial charge in [0.25, 0.3) is 0 Å². The van der Waals surface area contributed by atoms with Crippen molar-refractivity contribution in [1.82, 2.24) is 9.78 Å². The molecule has 130 valence electrons. The third-order valence-electron chi connectivity index (χ3n) is 3.95. The molecule has 0 aliphatic carbocycles. The van der Waals surface area contributed by atoms with Gasteiger partial charge in [-0.15, -0.1) is 0 Å². The molecule has 0 aliphatic rings. The molecule has 0 radical (unpaired) electrons. The van der Waals surface area contributed by atoms with Crippen LogP contribution in [0.3, 0.4) is 0 Å². The van der Waals surface area contributed by atoms with Gasteiger partial charge in [-0.3, -0.25) is 0 Å². The van der Waals surface area contributed by atoms with E-state index in [1.54, 1.807) is 30.3 Å². The monoisotopic (exact) mass is 346 g/mol. The number of methoxy groups -OCH3 is 1. The molecule has 0 amide bonds. The fourth-order valence-electron chi connectivity index (χ4n) is 2.73. The van der Waals surface area contributed by atoms with Gasteiger partial charge >= 0.3 is 6.18 Å². The fraction of sp³-hybridized carbons (Fsp3) is 0.211. The van der Waals surface area contributed by atoms with Gasteiger partial charge in [-0.25, -0.2) is 4.68 Å². The van der Waals surface area contributed by atoms with Crippen molar-refractivity contribution in [2.75, 3.05) is 7.11 Å². The lowest BCUT2D eigenvalue weighted by atomic mass is 10.1. The first-order valence-corrected chi connectivity index (χ1v) is 7.69. The second-order valence-electron chi connectivity index (χ2n) is 5.85. The molecule has 0 unspecified atom stereocenters. The van der Waals surface area contributed by atoms with Crippen LogP contribution in [0.25, 0.3) is 16.9 Å². The number of aromatic nitrogens is 2. The molecule has 0 aliphatic heterocycles. The summed E-state index contributed by atoms with van der Waals surface area (Å²) in [5, 5.41) is 3.82. The van der Waals surface area contributed by atoms with Gasteiger partial charge in [-0.1, -0.05) is 29.8 Å². The Balaban J connectivity index is 2.24. The van der Waals surface area contributed by atoms with E-state index in [0.717, 1.165) is 17.2 Å². The third-order valence-corrected chi connectivity index (χ3v) is 3.95.